The van der Waals surface area contributed by atoms with Crippen LogP contribution in [0.15, 0.2) is 146 Å². The number of anilines is 3. The lowest BCUT2D eigenvalue weighted by atomic mass is 9.82. The molecule has 0 saturated heterocycles. The number of hydrogen-bond acceptors (Lipinski definition) is 2. The molecule has 9 rings (SSSR count). The quantitative estimate of drug-likeness (QED) is 0.199. The average molecular weight is 605 g/mol. The van der Waals surface area contributed by atoms with E-state index in [4.69, 9.17) is 4.98 Å². The zero-order valence-electron chi connectivity index (χ0n) is 27.3. The lowest BCUT2D eigenvalue weighted by Crippen LogP contribution is -2.17. The molecule has 2 nitrogen and oxygen atoms in total. The second kappa shape index (κ2) is 10.0. The first kappa shape index (κ1) is 27.8. The summed E-state index contributed by atoms with van der Waals surface area (Å²) >= 11 is 0. The van der Waals surface area contributed by atoms with Crippen LogP contribution in [0.5, 0.6) is 0 Å². The van der Waals surface area contributed by atoms with Gasteiger partial charge in [-0.1, -0.05) is 119 Å². The molecular weight excluding hydrogens is 569 g/mol. The lowest BCUT2D eigenvalue weighted by Gasteiger charge is -2.29. The van der Waals surface area contributed by atoms with Crippen molar-refractivity contribution in [3.8, 4) is 33.5 Å². The van der Waals surface area contributed by atoms with E-state index in [-0.39, 0.29) is 10.8 Å². The molecular formula is C45H36N2. The first-order chi connectivity index (χ1) is 22.8. The van der Waals surface area contributed by atoms with Crippen molar-refractivity contribution in [3.05, 3.63) is 168 Å². The summed E-state index contributed by atoms with van der Waals surface area (Å²) in [7, 11) is 0. The lowest BCUT2D eigenvalue weighted by molar-refractivity contribution is 0.660. The van der Waals surface area contributed by atoms with Gasteiger partial charge in [0.1, 0.15) is 0 Å². The zero-order chi connectivity index (χ0) is 31.9. The Bertz CT molecular complexity index is 2350. The van der Waals surface area contributed by atoms with Gasteiger partial charge in [-0.25, -0.2) is 0 Å². The average Bonchev–Trinajstić information content (AvgIpc) is 3.47. The second-order valence-corrected chi connectivity index (χ2v) is 14.1. The molecule has 0 spiro atoms. The molecule has 0 fully saturated rings. The van der Waals surface area contributed by atoms with E-state index in [2.05, 4.69) is 166 Å². The number of rotatable bonds is 4. The Morgan fingerprint density at radius 2 is 1.00 bits per heavy atom. The fourth-order valence-electron chi connectivity index (χ4n) is 8.14. The van der Waals surface area contributed by atoms with Crippen LogP contribution in [0.2, 0.25) is 0 Å². The monoisotopic (exact) mass is 604 g/mol. The van der Waals surface area contributed by atoms with Gasteiger partial charge in [0.25, 0.3) is 0 Å². The van der Waals surface area contributed by atoms with Crippen molar-refractivity contribution >= 4 is 27.8 Å². The van der Waals surface area contributed by atoms with Crippen molar-refractivity contribution in [1.82, 2.24) is 4.98 Å². The summed E-state index contributed by atoms with van der Waals surface area (Å²) in [6.45, 7) is 9.41. The minimum absolute atomic E-state index is 0.0830. The molecule has 1 heterocycles. The molecule has 0 N–H and O–H groups in total. The number of nitrogens with zero attached hydrogens (tertiary/aromatic N) is 2. The van der Waals surface area contributed by atoms with Crippen molar-refractivity contribution in [1.29, 1.82) is 0 Å². The summed E-state index contributed by atoms with van der Waals surface area (Å²) in [6, 6.07) is 51.1. The third-order valence-corrected chi connectivity index (χ3v) is 10.7. The van der Waals surface area contributed by atoms with Crippen LogP contribution in [-0.4, -0.2) is 4.98 Å². The Hall–Kier alpha value is -5.47. The number of aromatic nitrogens is 1. The van der Waals surface area contributed by atoms with E-state index >= 15 is 0 Å². The van der Waals surface area contributed by atoms with Crippen LogP contribution in [0, 0.1) is 0 Å². The van der Waals surface area contributed by atoms with Crippen LogP contribution in [0.3, 0.4) is 0 Å². The van der Waals surface area contributed by atoms with Crippen molar-refractivity contribution in [2.75, 3.05) is 4.90 Å². The topological polar surface area (TPSA) is 16.1 Å². The van der Waals surface area contributed by atoms with Gasteiger partial charge in [0.2, 0.25) is 0 Å². The normalized spacial score (nSPS) is 14.7. The highest BCUT2D eigenvalue weighted by Gasteiger charge is 2.38. The molecule has 0 unspecified atom stereocenters. The number of benzene rings is 6. The number of pyridine rings is 1. The van der Waals surface area contributed by atoms with Gasteiger partial charge in [0.05, 0.1) is 17.6 Å². The van der Waals surface area contributed by atoms with E-state index in [1.807, 2.05) is 12.3 Å². The maximum atomic E-state index is 4.98. The molecule has 1 aromatic heterocycles. The van der Waals surface area contributed by atoms with Gasteiger partial charge in [-0.15, -0.1) is 0 Å². The van der Waals surface area contributed by atoms with Crippen LogP contribution < -0.4 is 4.90 Å². The Balaban J connectivity index is 1.23. The second-order valence-electron chi connectivity index (χ2n) is 14.1. The molecule has 2 aliphatic rings. The van der Waals surface area contributed by atoms with Crippen LogP contribution in [-0.2, 0) is 10.8 Å². The predicted molar refractivity (Wildman–Crippen MR) is 197 cm³/mol. The van der Waals surface area contributed by atoms with Gasteiger partial charge in [-0.2, -0.15) is 0 Å². The van der Waals surface area contributed by atoms with Gasteiger partial charge < -0.3 is 4.90 Å². The van der Waals surface area contributed by atoms with E-state index in [1.54, 1.807) is 0 Å². The van der Waals surface area contributed by atoms with Crippen LogP contribution >= 0.6 is 0 Å². The first-order valence-corrected chi connectivity index (χ1v) is 16.5. The SMILES string of the molecule is CC1(C)c2ccccc2-c2ccc(N(c3ccc(-c4ccccc4)nc3)c3ccc4c(c3)-c3cc5ccccc5cc3C4(C)C)cc21. The molecule has 6 aromatic carbocycles. The Morgan fingerprint density at radius 3 is 1.77 bits per heavy atom. The summed E-state index contributed by atoms with van der Waals surface area (Å²) in [5.74, 6) is 0. The standard InChI is InChI=1S/C45H36N2/c1-44(2)39-17-11-10-16-35(39)36-21-18-33(27-42(36)44)47(34-20-23-43(46-28-34)29-12-6-5-7-13-29)32-19-22-40-38(26-32)37-24-30-14-8-9-15-31(30)25-41(37)45(40,3)4/h5-28H,1-4H3. The summed E-state index contributed by atoms with van der Waals surface area (Å²) in [4.78, 5) is 7.36. The molecule has 2 heteroatoms. The molecule has 2 aliphatic carbocycles. The Labute approximate surface area is 277 Å². The fraction of sp³-hybridized carbons (Fsp3) is 0.133. The minimum Gasteiger partial charge on any atom is -0.309 e. The smallest absolute Gasteiger partial charge is 0.0703 e. The maximum Gasteiger partial charge on any atom is 0.0703 e. The zero-order valence-corrected chi connectivity index (χ0v) is 27.3. The van der Waals surface area contributed by atoms with E-state index in [9.17, 15) is 0 Å². The first-order valence-electron chi connectivity index (χ1n) is 16.5. The van der Waals surface area contributed by atoms with E-state index in [0.29, 0.717) is 0 Å². The highest BCUT2D eigenvalue weighted by atomic mass is 15.1. The largest absolute Gasteiger partial charge is 0.309 e. The van der Waals surface area contributed by atoms with E-state index in [1.165, 1.54) is 55.3 Å². The summed E-state index contributed by atoms with van der Waals surface area (Å²) in [5, 5.41) is 2.57. The van der Waals surface area contributed by atoms with Gasteiger partial charge in [-0.3, -0.25) is 4.98 Å². The van der Waals surface area contributed by atoms with Crippen molar-refractivity contribution in [2.45, 2.75) is 38.5 Å². The van der Waals surface area contributed by atoms with Crippen LogP contribution in [0.4, 0.5) is 17.1 Å². The minimum atomic E-state index is -0.0923. The molecule has 0 radical (unpaired) electrons. The van der Waals surface area contributed by atoms with Crippen molar-refractivity contribution in [3.63, 3.8) is 0 Å². The van der Waals surface area contributed by atoms with Gasteiger partial charge in [0, 0.05) is 27.8 Å². The summed E-state index contributed by atoms with van der Waals surface area (Å²) < 4.78 is 0. The van der Waals surface area contributed by atoms with E-state index < -0.39 is 0 Å². The molecule has 0 saturated carbocycles. The van der Waals surface area contributed by atoms with Crippen molar-refractivity contribution in [2.24, 2.45) is 0 Å². The van der Waals surface area contributed by atoms with E-state index in [0.717, 1.165) is 28.3 Å². The predicted octanol–water partition coefficient (Wildman–Crippen LogP) is 12.0. The maximum absolute atomic E-state index is 4.98. The third kappa shape index (κ3) is 4.14. The molecule has 0 atom stereocenters. The number of fused-ring (bicyclic) bond motifs is 7. The highest BCUT2D eigenvalue weighted by Crippen LogP contribution is 2.53. The molecule has 47 heavy (non-hydrogen) atoms. The van der Waals surface area contributed by atoms with Gasteiger partial charge in [-0.05, 0) is 104 Å². The third-order valence-electron chi connectivity index (χ3n) is 10.7. The van der Waals surface area contributed by atoms with Crippen molar-refractivity contribution < 1.29 is 0 Å². The van der Waals surface area contributed by atoms with Gasteiger partial charge in [0.15, 0.2) is 0 Å². The molecule has 7 aromatic rings. The molecule has 0 bridgehead atoms. The Morgan fingerprint density at radius 1 is 0.426 bits per heavy atom. The summed E-state index contributed by atoms with van der Waals surface area (Å²) in [5.41, 5.74) is 16.0. The van der Waals surface area contributed by atoms with Crippen LogP contribution in [0.25, 0.3) is 44.3 Å². The molecule has 0 amide bonds. The number of hydrogen-bond donors (Lipinski definition) is 0. The summed E-state index contributed by atoms with van der Waals surface area (Å²) in [6.07, 6.45) is 2.02. The molecule has 226 valence electrons. The fourth-order valence-corrected chi connectivity index (χ4v) is 8.14. The Kier molecular flexibility index (Phi) is 5.92. The van der Waals surface area contributed by atoms with Gasteiger partial charge >= 0.3 is 0 Å². The molecule has 0 aliphatic heterocycles. The van der Waals surface area contributed by atoms with Crippen LogP contribution in [0.1, 0.15) is 49.9 Å². The highest BCUT2D eigenvalue weighted by molar-refractivity contribution is 5.95.